The minimum absolute atomic E-state index is 0.426. The lowest BCUT2D eigenvalue weighted by Gasteiger charge is -2.12. The first kappa shape index (κ1) is 11.9. The summed E-state index contributed by atoms with van der Waals surface area (Å²) in [5.41, 5.74) is 6.96. The van der Waals surface area contributed by atoms with Crippen LogP contribution in [0.3, 0.4) is 0 Å². The number of aromatic nitrogens is 1. The van der Waals surface area contributed by atoms with Crippen LogP contribution in [-0.2, 0) is 6.42 Å². The van der Waals surface area contributed by atoms with Crippen LogP contribution in [0.2, 0.25) is 0 Å². The second-order valence-electron chi connectivity index (χ2n) is 4.19. The van der Waals surface area contributed by atoms with Crippen molar-refractivity contribution in [1.82, 2.24) is 4.37 Å². The van der Waals surface area contributed by atoms with Crippen molar-refractivity contribution in [3.05, 3.63) is 42.0 Å². The molecule has 0 fully saturated rings. The molecule has 0 bridgehead atoms. The molecule has 0 aliphatic carbocycles. The van der Waals surface area contributed by atoms with Gasteiger partial charge in [0.05, 0.1) is 0 Å². The minimum Gasteiger partial charge on any atom is -0.383 e. The lowest BCUT2D eigenvalue weighted by Crippen LogP contribution is -2.15. The monoisotopic (exact) mass is 247 g/mol. The second-order valence-corrected chi connectivity index (χ2v) is 4.99. The molecular formula is C13H17N3S. The normalized spacial score (nSPS) is 12.3. The summed E-state index contributed by atoms with van der Waals surface area (Å²) in [7, 11) is 0. The largest absolute Gasteiger partial charge is 0.383 e. The van der Waals surface area contributed by atoms with Gasteiger partial charge in [-0.2, -0.15) is 4.37 Å². The zero-order valence-corrected chi connectivity index (χ0v) is 10.7. The Morgan fingerprint density at radius 3 is 2.76 bits per heavy atom. The van der Waals surface area contributed by atoms with Crippen molar-refractivity contribution < 1.29 is 0 Å². The molecule has 3 nitrogen and oxygen atoms in total. The van der Waals surface area contributed by atoms with E-state index < -0.39 is 0 Å². The van der Waals surface area contributed by atoms with E-state index in [9.17, 15) is 0 Å². The highest BCUT2D eigenvalue weighted by Gasteiger charge is 2.04. The van der Waals surface area contributed by atoms with Crippen LogP contribution in [-0.4, -0.2) is 10.4 Å². The fraction of sp³-hybridized carbons (Fsp3) is 0.308. The lowest BCUT2D eigenvalue weighted by molar-refractivity contribution is 0.708. The number of nitrogens with one attached hydrogen (secondary N) is 1. The van der Waals surface area contributed by atoms with Crippen LogP contribution < -0.4 is 11.1 Å². The van der Waals surface area contributed by atoms with E-state index in [1.54, 1.807) is 0 Å². The van der Waals surface area contributed by atoms with Crippen molar-refractivity contribution in [2.75, 3.05) is 11.1 Å². The predicted molar refractivity (Wildman–Crippen MR) is 74.4 cm³/mol. The summed E-state index contributed by atoms with van der Waals surface area (Å²) < 4.78 is 4.04. The van der Waals surface area contributed by atoms with Crippen molar-refractivity contribution in [2.45, 2.75) is 25.8 Å². The van der Waals surface area contributed by atoms with Gasteiger partial charge in [0.2, 0.25) is 0 Å². The standard InChI is InChI=1S/C13H17N3S/c1-10(15-13-9-12(14)16-17-13)7-8-11-5-3-2-4-6-11/h2-6,9-10,15H,7-8H2,1H3,(H2,14,16). The zero-order valence-electron chi connectivity index (χ0n) is 9.89. The van der Waals surface area contributed by atoms with Gasteiger partial charge in [-0.1, -0.05) is 30.3 Å². The average molecular weight is 247 g/mol. The highest BCUT2D eigenvalue weighted by molar-refractivity contribution is 7.10. The topological polar surface area (TPSA) is 50.9 Å². The van der Waals surface area contributed by atoms with Crippen LogP contribution in [0.4, 0.5) is 10.8 Å². The average Bonchev–Trinajstić information content (AvgIpc) is 2.73. The van der Waals surface area contributed by atoms with Crippen molar-refractivity contribution in [2.24, 2.45) is 0 Å². The molecule has 1 aromatic carbocycles. The number of anilines is 2. The summed E-state index contributed by atoms with van der Waals surface area (Å²) in [4.78, 5) is 0. The molecule has 0 saturated heterocycles. The predicted octanol–water partition coefficient (Wildman–Crippen LogP) is 3.16. The number of aryl methyl sites for hydroxylation is 1. The number of benzene rings is 1. The molecule has 0 amide bonds. The van der Waals surface area contributed by atoms with Gasteiger partial charge in [-0.25, -0.2) is 0 Å². The number of hydrogen-bond acceptors (Lipinski definition) is 4. The van der Waals surface area contributed by atoms with E-state index in [0.717, 1.165) is 17.8 Å². The summed E-state index contributed by atoms with van der Waals surface area (Å²) in [6.45, 7) is 2.18. The highest BCUT2D eigenvalue weighted by atomic mass is 32.1. The van der Waals surface area contributed by atoms with Gasteiger partial charge in [0.25, 0.3) is 0 Å². The van der Waals surface area contributed by atoms with Crippen LogP contribution in [0.25, 0.3) is 0 Å². The van der Waals surface area contributed by atoms with E-state index in [4.69, 9.17) is 5.73 Å². The second kappa shape index (κ2) is 5.68. The van der Waals surface area contributed by atoms with E-state index >= 15 is 0 Å². The van der Waals surface area contributed by atoms with Gasteiger partial charge in [-0.3, -0.25) is 0 Å². The third-order valence-corrected chi connectivity index (χ3v) is 3.36. The molecule has 0 aliphatic heterocycles. The SMILES string of the molecule is CC(CCc1ccccc1)Nc1cc(N)ns1. The Labute approximate surface area is 106 Å². The molecule has 2 aromatic rings. The first-order chi connectivity index (χ1) is 8.24. The molecule has 1 aromatic heterocycles. The third kappa shape index (κ3) is 3.75. The molecule has 0 spiro atoms. The first-order valence-electron chi connectivity index (χ1n) is 5.76. The molecule has 17 heavy (non-hydrogen) atoms. The zero-order chi connectivity index (χ0) is 12.1. The number of nitrogens with zero attached hydrogens (tertiary/aromatic N) is 1. The lowest BCUT2D eigenvalue weighted by atomic mass is 10.1. The molecule has 0 radical (unpaired) electrons. The maximum atomic E-state index is 5.58. The van der Waals surface area contributed by atoms with Gasteiger partial charge in [0.1, 0.15) is 10.8 Å². The number of nitrogens with two attached hydrogens (primary N) is 1. The molecule has 1 unspecified atom stereocenters. The van der Waals surface area contributed by atoms with Crippen LogP contribution in [0.1, 0.15) is 18.9 Å². The fourth-order valence-electron chi connectivity index (χ4n) is 1.70. The quantitative estimate of drug-likeness (QED) is 0.853. The van der Waals surface area contributed by atoms with Crippen molar-refractivity contribution in [3.63, 3.8) is 0 Å². The maximum Gasteiger partial charge on any atom is 0.139 e. The molecule has 0 aliphatic rings. The van der Waals surface area contributed by atoms with Crippen LogP contribution >= 0.6 is 11.5 Å². The molecule has 4 heteroatoms. The van der Waals surface area contributed by atoms with E-state index in [0.29, 0.717) is 11.9 Å². The highest BCUT2D eigenvalue weighted by Crippen LogP contribution is 2.19. The molecule has 1 atom stereocenters. The van der Waals surface area contributed by atoms with Crippen molar-refractivity contribution in [3.8, 4) is 0 Å². The maximum absolute atomic E-state index is 5.58. The Kier molecular flexibility index (Phi) is 3.98. The van der Waals surface area contributed by atoms with Crippen LogP contribution in [0, 0.1) is 0 Å². The third-order valence-electron chi connectivity index (χ3n) is 2.63. The number of hydrogen-bond donors (Lipinski definition) is 2. The number of nitrogen functional groups attached to an aromatic ring is 1. The molecule has 0 saturated carbocycles. The van der Waals surface area contributed by atoms with Crippen molar-refractivity contribution in [1.29, 1.82) is 0 Å². The molecule has 90 valence electrons. The Bertz CT molecular complexity index is 453. The van der Waals surface area contributed by atoms with Crippen LogP contribution in [0.15, 0.2) is 36.4 Å². The Morgan fingerprint density at radius 1 is 1.35 bits per heavy atom. The van der Waals surface area contributed by atoms with Gasteiger partial charge in [-0.05, 0) is 36.9 Å². The van der Waals surface area contributed by atoms with Gasteiger partial charge in [-0.15, -0.1) is 0 Å². The Morgan fingerprint density at radius 2 is 2.12 bits per heavy atom. The minimum atomic E-state index is 0.426. The van der Waals surface area contributed by atoms with E-state index in [1.807, 2.05) is 12.1 Å². The summed E-state index contributed by atoms with van der Waals surface area (Å²) in [5, 5.41) is 4.45. The first-order valence-corrected chi connectivity index (χ1v) is 6.54. The summed E-state index contributed by atoms with van der Waals surface area (Å²) in [5.74, 6) is 0.591. The van der Waals surface area contributed by atoms with Gasteiger partial charge in [0, 0.05) is 12.1 Å². The Balaban J connectivity index is 1.80. The smallest absolute Gasteiger partial charge is 0.139 e. The van der Waals surface area contributed by atoms with Crippen molar-refractivity contribution >= 4 is 22.4 Å². The van der Waals surface area contributed by atoms with Gasteiger partial charge in [0.15, 0.2) is 0 Å². The molecule has 3 N–H and O–H groups in total. The molecule has 1 heterocycles. The van der Waals surface area contributed by atoms with E-state index in [1.165, 1.54) is 17.1 Å². The summed E-state index contributed by atoms with van der Waals surface area (Å²) in [6.07, 6.45) is 2.19. The van der Waals surface area contributed by atoms with Gasteiger partial charge >= 0.3 is 0 Å². The number of rotatable bonds is 5. The van der Waals surface area contributed by atoms with Gasteiger partial charge < -0.3 is 11.1 Å². The van der Waals surface area contributed by atoms with E-state index in [-0.39, 0.29) is 0 Å². The Hall–Kier alpha value is -1.55. The summed E-state index contributed by atoms with van der Waals surface area (Å²) >= 11 is 1.41. The fourth-order valence-corrected chi connectivity index (χ4v) is 2.38. The van der Waals surface area contributed by atoms with Crippen LogP contribution in [0.5, 0.6) is 0 Å². The summed E-state index contributed by atoms with van der Waals surface area (Å²) in [6, 6.07) is 12.8. The molecule has 2 rings (SSSR count). The van der Waals surface area contributed by atoms with E-state index in [2.05, 4.69) is 40.9 Å². The molecular weight excluding hydrogens is 230 g/mol.